The second-order valence-corrected chi connectivity index (χ2v) is 4.41. The number of halogens is 1. The summed E-state index contributed by atoms with van der Waals surface area (Å²) in [6, 6.07) is 7.80. The molecule has 1 unspecified atom stereocenters. The molecule has 0 aliphatic rings. The number of carbonyl (C=O) groups is 1. The molecule has 0 saturated heterocycles. The van der Waals surface area contributed by atoms with E-state index in [1.165, 1.54) is 12.0 Å². The second-order valence-electron chi connectivity index (χ2n) is 3.69. The van der Waals surface area contributed by atoms with Crippen LogP contribution in [0.3, 0.4) is 0 Å². The molecule has 0 heterocycles. The van der Waals surface area contributed by atoms with Gasteiger partial charge in [0.1, 0.15) is 0 Å². The molecule has 1 rings (SSSR count). The van der Waals surface area contributed by atoms with Gasteiger partial charge in [0.25, 0.3) is 0 Å². The Morgan fingerprint density at radius 3 is 2.79 bits per heavy atom. The third-order valence-corrected chi connectivity index (χ3v) is 2.89. The van der Waals surface area contributed by atoms with Crippen molar-refractivity contribution in [2.24, 2.45) is 5.92 Å². The average molecular weight is 255 g/mol. The van der Waals surface area contributed by atoms with Crippen LogP contribution in [-0.2, 0) is 6.42 Å². The first kappa shape index (κ1) is 11.4. The molecule has 0 aromatic heterocycles. The highest BCUT2D eigenvalue weighted by molar-refractivity contribution is 9.18. The fourth-order valence-electron chi connectivity index (χ4n) is 1.37. The molecule has 1 aromatic carbocycles. The Morgan fingerprint density at radius 2 is 2.21 bits per heavy atom. The monoisotopic (exact) mass is 254 g/mol. The number of benzene rings is 1. The van der Waals surface area contributed by atoms with Crippen LogP contribution in [0.1, 0.15) is 36.2 Å². The summed E-state index contributed by atoms with van der Waals surface area (Å²) < 4.78 is -0.0384. The van der Waals surface area contributed by atoms with E-state index in [1.54, 1.807) is 0 Å². The maximum atomic E-state index is 11.1. The zero-order valence-electron chi connectivity index (χ0n) is 8.59. The van der Waals surface area contributed by atoms with Crippen molar-refractivity contribution >= 4 is 20.6 Å². The van der Waals surface area contributed by atoms with Crippen molar-refractivity contribution in [2.45, 2.75) is 26.7 Å². The quantitative estimate of drug-likeness (QED) is 0.747. The van der Waals surface area contributed by atoms with Crippen molar-refractivity contribution in [2.75, 3.05) is 0 Å². The molecule has 0 aliphatic carbocycles. The Bertz CT molecular complexity index is 320. The lowest BCUT2D eigenvalue weighted by Gasteiger charge is -2.08. The summed E-state index contributed by atoms with van der Waals surface area (Å²) in [5.41, 5.74) is 1.98. The lowest BCUT2D eigenvalue weighted by molar-refractivity contribution is 0.109. The minimum absolute atomic E-state index is 0.0384. The van der Waals surface area contributed by atoms with Crippen molar-refractivity contribution in [1.29, 1.82) is 0 Å². The van der Waals surface area contributed by atoms with E-state index in [0.717, 1.165) is 12.0 Å². The number of hydrogen-bond donors (Lipinski definition) is 0. The first-order valence-corrected chi connectivity index (χ1v) is 5.71. The number of carbonyl (C=O) groups excluding carboxylic acids is 1. The molecule has 0 bridgehead atoms. The highest BCUT2D eigenvalue weighted by Crippen LogP contribution is 2.14. The Labute approximate surface area is 93.7 Å². The SMILES string of the molecule is CCC(C)Cc1cccc(C(=O)Br)c1. The molecule has 1 nitrogen and oxygen atoms in total. The molecule has 76 valence electrons. The summed E-state index contributed by atoms with van der Waals surface area (Å²) in [4.78, 5) is 11.1. The van der Waals surface area contributed by atoms with Gasteiger partial charge < -0.3 is 0 Å². The van der Waals surface area contributed by atoms with E-state index in [9.17, 15) is 4.79 Å². The Kier molecular flexibility index (Phi) is 4.33. The second kappa shape index (κ2) is 5.30. The molecule has 1 aromatic rings. The van der Waals surface area contributed by atoms with Crippen molar-refractivity contribution in [3.8, 4) is 0 Å². The maximum Gasteiger partial charge on any atom is 0.228 e. The van der Waals surface area contributed by atoms with Crippen LogP contribution in [0.5, 0.6) is 0 Å². The van der Waals surface area contributed by atoms with Gasteiger partial charge in [-0.15, -0.1) is 0 Å². The van der Waals surface area contributed by atoms with Crippen molar-refractivity contribution in [1.82, 2.24) is 0 Å². The minimum Gasteiger partial charge on any atom is -0.281 e. The Morgan fingerprint density at radius 1 is 1.50 bits per heavy atom. The van der Waals surface area contributed by atoms with Crippen LogP contribution < -0.4 is 0 Å². The van der Waals surface area contributed by atoms with Gasteiger partial charge in [-0.1, -0.05) is 38.5 Å². The van der Waals surface area contributed by atoms with Crippen LogP contribution in [0.25, 0.3) is 0 Å². The standard InChI is InChI=1S/C12H15BrO/c1-3-9(2)7-10-5-4-6-11(8-10)12(13)14/h4-6,8-9H,3,7H2,1-2H3. The zero-order valence-corrected chi connectivity index (χ0v) is 10.2. The molecular formula is C12H15BrO. The van der Waals surface area contributed by atoms with Crippen molar-refractivity contribution < 1.29 is 4.79 Å². The molecule has 0 aliphatic heterocycles. The van der Waals surface area contributed by atoms with Gasteiger partial charge in [-0.2, -0.15) is 0 Å². The largest absolute Gasteiger partial charge is 0.281 e. The van der Waals surface area contributed by atoms with E-state index in [1.807, 2.05) is 18.2 Å². The predicted molar refractivity (Wildman–Crippen MR) is 62.9 cm³/mol. The summed E-state index contributed by atoms with van der Waals surface area (Å²) >= 11 is 2.96. The molecule has 14 heavy (non-hydrogen) atoms. The van der Waals surface area contributed by atoms with Gasteiger partial charge in [0.2, 0.25) is 4.69 Å². The maximum absolute atomic E-state index is 11.1. The average Bonchev–Trinajstić information content (AvgIpc) is 2.18. The third kappa shape index (κ3) is 3.26. The van der Waals surface area contributed by atoms with Gasteiger partial charge in [-0.3, -0.25) is 4.79 Å². The predicted octanol–water partition coefficient (Wildman–Crippen LogP) is 3.81. The van der Waals surface area contributed by atoms with Gasteiger partial charge in [-0.25, -0.2) is 0 Å². The zero-order chi connectivity index (χ0) is 10.6. The molecule has 2 heteroatoms. The van der Waals surface area contributed by atoms with Crippen molar-refractivity contribution in [3.63, 3.8) is 0 Å². The van der Waals surface area contributed by atoms with Gasteiger partial charge in [0.05, 0.1) is 0 Å². The highest BCUT2D eigenvalue weighted by atomic mass is 79.9. The molecule has 0 fully saturated rings. The van der Waals surface area contributed by atoms with Crippen LogP contribution in [0.4, 0.5) is 0 Å². The van der Waals surface area contributed by atoms with Crippen LogP contribution >= 0.6 is 15.9 Å². The summed E-state index contributed by atoms with van der Waals surface area (Å²) in [6.07, 6.45) is 2.22. The van der Waals surface area contributed by atoms with E-state index in [2.05, 4.69) is 35.8 Å². The van der Waals surface area contributed by atoms with Crippen LogP contribution in [0, 0.1) is 5.92 Å². The fraction of sp³-hybridized carbons (Fsp3) is 0.417. The van der Waals surface area contributed by atoms with Gasteiger partial charge in [0.15, 0.2) is 0 Å². The Balaban J connectivity index is 2.78. The van der Waals surface area contributed by atoms with Gasteiger partial charge in [-0.05, 0) is 39.9 Å². The summed E-state index contributed by atoms with van der Waals surface area (Å²) in [5, 5.41) is 0. The van der Waals surface area contributed by atoms with Crippen LogP contribution in [-0.4, -0.2) is 4.69 Å². The molecule has 0 N–H and O–H groups in total. The summed E-state index contributed by atoms with van der Waals surface area (Å²) in [7, 11) is 0. The molecule has 0 saturated carbocycles. The lowest BCUT2D eigenvalue weighted by Crippen LogP contribution is -1.99. The van der Waals surface area contributed by atoms with E-state index >= 15 is 0 Å². The smallest absolute Gasteiger partial charge is 0.228 e. The van der Waals surface area contributed by atoms with E-state index in [-0.39, 0.29) is 4.69 Å². The van der Waals surface area contributed by atoms with Gasteiger partial charge >= 0.3 is 0 Å². The molecule has 0 spiro atoms. The number of rotatable bonds is 4. The van der Waals surface area contributed by atoms with Crippen LogP contribution in [0.2, 0.25) is 0 Å². The molecule has 1 atom stereocenters. The fourth-order valence-corrected chi connectivity index (χ4v) is 1.61. The van der Waals surface area contributed by atoms with Crippen LogP contribution in [0.15, 0.2) is 24.3 Å². The molecular weight excluding hydrogens is 240 g/mol. The normalized spacial score (nSPS) is 12.5. The number of hydrogen-bond acceptors (Lipinski definition) is 1. The topological polar surface area (TPSA) is 17.1 Å². The first-order valence-electron chi connectivity index (χ1n) is 4.92. The summed E-state index contributed by atoms with van der Waals surface area (Å²) in [5.74, 6) is 0.677. The minimum atomic E-state index is -0.0384. The molecule has 0 amide bonds. The van der Waals surface area contributed by atoms with E-state index in [0.29, 0.717) is 5.92 Å². The highest BCUT2D eigenvalue weighted by Gasteiger charge is 2.04. The van der Waals surface area contributed by atoms with Crippen molar-refractivity contribution in [3.05, 3.63) is 35.4 Å². The van der Waals surface area contributed by atoms with E-state index < -0.39 is 0 Å². The lowest BCUT2D eigenvalue weighted by atomic mass is 9.98. The van der Waals surface area contributed by atoms with Gasteiger partial charge in [0, 0.05) is 5.56 Å². The third-order valence-electron chi connectivity index (χ3n) is 2.44. The first-order chi connectivity index (χ1) is 6.63. The Hall–Kier alpha value is -0.630. The summed E-state index contributed by atoms with van der Waals surface area (Å²) in [6.45, 7) is 4.41. The van der Waals surface area contributed by atoms with E-state index in [4.69, 9.17) is 0 Å². The molecule has 0 radical (unpaired) electrons.